The fraction of sp³-hybridized carbons (Fsp3) is 0.444. The monoisotopic (exact) mass is 690 g/mol. The first-order chi connectivity index (χ1) is 23.5. The van der Waals surface area contributed by atoms with Crippen molar-refractivity contribution in [2.45, 2.75) is 71.0 Å². The summed E-state index contributed by atoms with van der Waals surface area (Å²) in [4.78, 5) is 73.1. The second-order valence-corrected chi connectivity index (χ2v) is 13.7. The second-order valence-electron chi connectivity index (χ2n) is 12.7. The predicted octanol–water partition coefficient (Wildman–Crippen LogP) is 2.80. The molecule has 0 saturated carbocycles. The van der Waals surface area contributed by atoms with Crippen LogP contribution < -0.4 is 26.0 Å². The number of amides is 5. The fourth-order valence-corrected chi connectivity index (χ4v) is 6.34. The van der Waals surface area contributed by atoms with Gasteiger partial charge in [-0.2, -0.15) is 0 Å². The van der Waals surface area contributed by atoms with Crippen LogP contribution in [-0.4, -0.2) is 84.3 Å². The molecule has 1 aliphatic heterocycles. The molecule has 13 heteroatoms. The fourth-order valence-electron chi connectivity index (χ4n) is 5.52. The molecule has 3 atom stereocenters. The zero-order valence-corrected chi connectivity index (χ0v) is 29.3. The van der Waals surface area contributed by atoms with Gasteiger partial charge in [-0.1, -0.05) is 56.3 Å². The van der Waals surface area contributed by atoms with Crippen LogP contribution in [0.3, 0.4) is 0 Å². The van der Waals surface area contributed by atoms with Crippen molar-refractivity contribution >= 4 is 40.9 Å². The van der Waals surface area contributed by atoms with E-state index in [4.69, 9.17) is 4.74 Å². The van der Waals surface area contributed by atoms with Crippen LogP contribution >= 0.6 is 11.3 Å². The lowest BCUT2D eigenvalue weighted by Crippen LogP contribution is -2.53. The number of nitrogens with zero attached hydrogens (tertiary/aromatic N) is 2. The summed E-state index contributed by atoms with van der Waals surface area (Å²) < 4.78 is 6.12. The van der Waals surface area contributed by atoms with Crippen LogP contribution in [0.4, 0.5) is 0 Å². The molecule has 4 rings (SSSR count). The molecular formula is C36H46N6O6S. The van der Waals surface area contributed by atoms with Gasteiger partial charge in [0.2, 0.25) is 23.6 Å². The molecule has 4 N–H and O–H groups in total. The third-order valence-corrected chi connectivity index (χ3v) is 8.93. The SMILES string of the molecule is Cc1csc(CCCNC(=O)[C@@H]2CC(=O)N[C@H](CC(C)C)C(=O)N(C)CC(=O)N[C@H](Cc3ccccc3)COc3ccccc3C(=O)N2)n1. The van der Waals surface area contributed by atoms with E-state index in [0.717, 1.165) is 16.3 Å². The van der Waals surface area contributed by atoms with Crippen LogP contribution in [0.1, 0.15) is 59.7 Å². The zero-order chi connectivity index (χ0) is 35.3. The van der Waals surface area contributed by atoms with Crippen LogP contribution in [0.2, 0.25) is 0 Å². The highest BCUT2D eigenvalue weighted by Crippen LogP contribution is 2.20. The molecule has 0 radical (unpaired) electrons. The Morgan fingerprint density at radius 3 is 2.47 bits per heavy atom. The molecule has 1 aliphatic rings. The third-order valence-electron chi connectivity index (χ3n) is 7.90. The molecule has 262 valence electrons. The molecule has 0 saturated heterocycles. The number of benzene rings is 2. The highest BCUT2D eigenvalue weighted by Gasteiger charge is 2.31. The molecule has 0 unspecified atom stereocenters. The number of rotatable bonds is 9. The van der Waals surface area contributed by atoms with E-state index < -0.39 is 54.1 Å². The summed E-state index contributed by atoms with van der Waals surface area (Å²) in [7, 11) is 1.51. The first kappa shape index (κ1) is 37.0. The quantitative estimate of drug-likeness (QED) is 0.252. The van der Waals surface area contributed by atoms with E-state index in [0.29, 0.717) is 32.2 Å². The topological polar surface area (TPSA) is 159 Å². The Balaban J connectivity index is 1.59. The van der Waals surface area contributed by atoms with Gasteiger partial charge in [0.05, 0.1) is 29.6 Å². The molecule has 2 heterocycles. The van der Waals surface area contributed by atoms with Crippen molar-refractivity contribution in [3.63, 3.8) is 0 Å². The number of fused-ring (bicyclic) bond motifs is 1. The first-order valence-electron chi connectivity index (χ1n) is 16.6. The molecule has 0 spiro atoms. The van der Waals surface area contributed by atoms with Gasteiger partial charge in [-0.15, -0.1) is 11.3 Å². The van der Waals surface area contributed by atoms with Gasteiger partial charge in [0.1, 0.15) is 24.4 Å². The summed E-state index contributed by atoms with van der Waals surface area (Å²) >= 11 is 1.56. The lowest BCUT2D eigenvalue weighted by atomic mass is 10.0. The lowest BCUT2D eigenvalue weighted by Gasteiger charge is -2.27. The molecule has 1 aromatic heterocycles. The first-order valence-corrected chi connectivity index (χ1v) is 17.5. The highest BCUT2D eigenvalue weighted by atomic mass is 32.1. The standard InChI is InChI=1S/C36H46N6O6S/c1-23(2)17-29-36(47)42(4)20-32(44)39-26(18-25-11-6-5-7-12-25)21-48-30-14-9-8-13-27(30)34(45)41-28(19-31(43)40-29)35(46)37-16-10-15-33-38-24(3)22-49-33/h5-9,11-14,22-23,26,28-29H,10,15-21H2,1-4H3,(H,37,46)(H,39,44)(H,40,43)(H,41,45)/t26-,28+,29-/m1/s1. The van der Waals surface area contributed by atoms with Crippen LogP contribution in [-0.2, 0) is 32.0 Å². The average Bonchev–Trinajstić information content (AvgIpc) is 3.49. The zero-order valence-electron chi connectivity index (χ0n) is 28.5. The van der Waals surface area contributed by atoms with Crippen LogP contribution in [0.5, 0.6) is 5.75 Å². The maximum absolute atomic E-state index is 13.7. The Labute approximate surface area is 291 Å². The Morgan fingerprint density at radius 2 is 1.76 bits per heavy atom. The minimum absolute atomic E-state index is 0.0289. The van der Waals surface area contributed by atoms with Gasteiger partial charge < -0.3 is 30.9 Å². The van der Waals surface area contributed by atoms with Crippen LogP contribution in [0.15, 0.2) is 60.0 Å². The molecule has 49 heavy (non-hydrogen) atoms. The van der Waals surface area contributed by atoms with Crippen molar-refractivity contribution in [3.8, 4) is 5.75 Å². The number of aryl methyl sites for hydroxylation is 2. The Kier molecular flexibility index (Phi) is 13.7. The molecule has 0 fully saturated rings. The molecule has 0 aliphatic carbocycles. The number of aromatic nitrogens is 1. The van der Waals surface area contributed by atoms with Crippen molar-refractivity contribution in [2.75, 3.05) is 26.7 Å². The van der Waals surface area contributed by atoms with E-state index in [-0.39, 0.29) is 30.4 Å². The maximum atomic E-state index is 13.7. The van der Waals surface area contributed by atoms with E-state index >= 15 is 0 Å². The molecule has 12 nitrogen and oxygen atoms in total. The Morgan fingerprint density at radius 1 is 1.02 bits per heavy atom. The average molecular weight is 691 g/mol. The number of carbonyl (C=O) groups is 5. The van der Waals surface area contributed by atoms with Crippen molar-refractivity contribution in [1.82, 2.24) is 31.2 Å². The van der Waals surface area contributed by atoms with E-state index in [1.165, 1.54) is 11.9 Å². The molecule has 0 bridgehead atoms. The van der Waals surface area contributed by atoms with Gasteiger partial charge >= 0.3 is 0 Å². The summed E-state index contributed by atoms with van der Waals surface area (Å²) in [5.41, 5.74) is 2.08. The van der Waals surface area contributed by atoms with Crippen molar-refractivity contribution in [2.24, 2.45) is 5.92 Å². The third kappa shape index (κ3) is 11.7. The van der Waals surface area contributed by atoms with Gasteiger partial charge in [0.25, 0.3) is 5.91 Å². The minimum Gasteiger partial charge on any atom is -0.491 e. The Bertz CT molecular complexity index is 1600. The number of likely N-dealkylation sites (N-methyl/N-ethyl adjacent to an activating group) is 1. The number of nitrogens with one attached hydrogen (secondary N) is 4. The number of thiazole rings is 1. The van der Waals surface area contributed by atoms with Crippen molar-refractivity contribution in [3.05, 3.63) is 81.8 Å². The van der Waals surface area contributed by atoms with Gasteiger partial charge in [0, 0.05) is 31.1 Å². The predicted molar refractivity (Wildman–Crippen MR) is 187 cm³/mol. The van der Waals surface area contributed by atoms with E-state index in [1.54, 1.807) is 35.6 Å². The van der Waals surface area contributed by atoms with Gasteiger partial charge in [-0.3, -0.25) is 24.0 Å². The minimum atomic E-state index is -1.24. The largest absolute Gasteiger partial charge is 0.491 e. The summed E-state index contributed by atoms with van der Waals surface area (Å²) in [5.74, 6) is -2.27. The number of carbonyl (C=O) groups excluding carboxylic acids is 5. The van der Waals surface area contributed by atoms with E-state index in [9.17, 15) is 24.0 Å². The van der Waals surface area contributed by atoms with Gasteiger partial charge in [-0.05, 0) is 49.8 Å². The summed E-state index contributed by atoms with van der Waals surface area (Å²) in [6, 6.07) is 13.5. The van der Waals surface area contributed by atoms with Crippen LogP contribution in [0.25, 0.3) is 0 Å². The molecule has 5 amide bonds. The summed E-state index contributed by atoms with van der Waals surface area (Å²) in [6.45, 7) is 5.87. The molecule has 3 aromatic rings. The number of para-hydroxylation sites is 1. The van der Waals surface area contributed by atoms with Gasteiger partial charge in [0.15, 0.2) is 0 Å². The summed E-state index contributed by atoms with van der Waals surface area (Å²) in [5, 5.41) is 14.2. The normalized spacial score (nSPS) is 19.6. The van der Waals surface area contributed by atoms with E-state index in [1.807, 2.05) is 56.5 Å². The lowest BCUT2D eigenvalue weighted by molar-refractivity contribution is -0.139. The summed E-state index contributed by atoms with van der Waals surface area (Å²) in [6.07, 6.45) is 1.65. The van der Waals surface area contributed by atoms with E-state index in [2.05, 4.69) is 26.3 Å². The Hall–Kier alpha value is -4.78. The molecular weight excluding hydrogens is 644 g/mol. The number of hydrogen-bond donors (Lipinski definition) is 4. The van der Waals surface area contributed by atoms with Crippen molar-refractivity contribution < 1.29 is 28.7 Å². The van der Waals surface area contributed by atoms with Gasteiger partial charge in [-0.25, -0.2) is 4.98 Å². The van der Waals surface area contributed by atoms with Crippen LogP contribution in [0, 0.1) is 12.8 Å². The number of hydrogen-bond acceptors (Lipinski definition) is 8. The number of ether oxygens (including phenoxy) is 1. The maximum Gasteiger partial charge on any atom is 0.255 e. The molecule has 2 aromatic carbocycles. The second kappa shape index (κ2) is 18.1. The highest BCUT2D eigenvalue weighted by molar-refractivity contribution is 7.09. The smallest absolute Gasteiger partial charge is 0.255 e. The van der Waals surface area contributed by atoms with Crippen molar-refractivity contribution in [1.29, 1.82) is 0 Å².